The first-order chi connectivity index (χ1) is 6.16. The molecule has 1 aromatic carbocycles. The van der Waals surface area contributed by atoms with Gasteiger partial charge in [-0.15, -0.1) is 0 Å². The number of nitrogens with two attached hydrogens (primary N) is 1. The van der Waals surface area contributed by atoms with Gasteiger partial charge in [0.05, 0.1) is 11.6 Å². The van der Waals surface area contributed by atoms with Crippen molar-refractivity contribution in [3.63, 3.8) is 0 Å². The minimum atomic E-state index is -0.751. The third-order valence-corrected chi connectivity index (χ3v) is 1.90. The highest BCUT2D eigenvalue weighted by Gasteiger charge is 2.11. The Morgan fingerprint density at radius 1 is 1.38 bits per heavy atom. The van der Waals surface area contributed by atoms with E-state index in [1.807, 2.05) is 0 Å². The maximum Gasteiger partial charge on any atom is 0.147 e. The summed E-state index contributed by atoms with van der Waals surface area (Å²) in [5, 5.41) is -0.103. The summed E-state index contributed by atoms with van der Waals surface area (Å²) >= 11 is 5.45. The van der Waals surface area contributed by atoms with Crippen LogP contribution in [0.25, 0.3) is 0 Å². The van der Waals surface area contributed by atoms with Crippen molar-refractivity contribution in [2.75, 3.05) is 6.61 Å². The third-order valence-electron chi connectivity index (χ3n) is 1.61. The standard InChI is InChI=1S/C8H8ClF2NO/c9-6-1-2-7(10)5(8(6)11)3-4-13-12/h1-2H,3-4,12H2. The summed E-state index contributed by atoms with van der Waals surface area (Å²) in [7, 11) is 0. The summed E-state index contributed by atoms with van der Waals surface area (Å²) in [6, 6.07) is 2.27. The van der Waals surface area contributed by atoms with E-state index in [0.717, 1.165) is 6.07 Å². The van der Waals surface area contributed by atoms with E-state index in [-0.39, 0.29) is 23.6 Å². The molecular formula is C8H8ClF2NO. The summed E-state index contributed by atoms with van der Waals surface area (Å²) in [5.41, 5.74) is -0.0991. The number of rotatable bonds is 3. The van der Waals surface area contributed by atoms with Crippen LogP contribution in [-0.2, 0) is 11.3 Å². The summed E-state index contributed by atoms with van der Waals surface area (Å²) in [5.74, 6) is 3.35. The Balaban J connectivity index is 2.96. The van der Waals surface area contributed by atoms with E-state index < -0.39 is 11.6 Å². The van der Waals surface area contributed by atoms with E-state index in [1.165, 1.54) is 6.07 Å². The maximum absolute atomic E-state index is 13.1. The minimum Gasteiger partial charge on any atom is -0.304 e. The van der Waals surface area contributed by atoms with Crippen molar-refractivity contribution in [1.29, 1.82) is 0 Å². The van der Waals surface area contributed by atoms with Crippen LogP contribution in [0, 0.1) is 11.6 Å². The Morgan fingerprint density at radius 3 is 2.69 bits per heavy atom. The Labute approximate surface area is 79.2 Å². The van der Waals surface area contributed by atoms with Gasteiger partial charge in [0.1, 0.15) is 11.6 Å². The lowest BCUT2D eigenvalue weighted by molar-refractivity contribution is 0.140. The Morgan fingerprint density at radius 2 is 2.08 bits per heavy atom. The highest BCUT2D eigenvalue weighted by molar-refractivity contribution is 6.30. The van der Waals surface area contributed by atoms with Crippen molar-refractivity contribution in [3.05, 3.63) is 34.4 Å². The summed E-state index contributed by atoms with van der Waals surface area (Å²) in [4.78, 5) is 4.22. The quantitative estimate of drug-likeness (QED) is 0.608. The molecule has 72 valence electrons. The zero-order valence-electron chi connectivity index (χ0n) is 6.69. The molecule has 0 aliphatic rings. The second kappa shape index (κ2) is 4.50. The van der Waals surface area contributed by atoms with Crippen LogP contribution in [0.5, 0.6) is 0 Å². The topological polar surface area (TPSA) is 35.2 Å². The van der Waals surface area contributed by atoms with E-state index in [2.05, 4.69) is 4.84 Å². The van der Waals surface area contributed by atoms with Gasteiger partial charge in [0.2, 0.25) is 0 Å². The zero-order chi connectivity index (χ0) is 9.84. The minimum absolute atomic E-state index is 0.0498. The molecule has 0 aliphatic carbocycles. The SMILES string of the molecule is NOCCc1c(F)ccc(Cl)c1F. The van der Waals surface area contributed by atoms with Crippen LogP contribution in [0.2, 0.25) is 5.02 Å². The van der Waals surface area contributed by atoms with Gasteiger partial charge in [-0.25, -0.2) is 14.7 Å². The van der Waals surface area contributed by atoms with Gasteiger partial charge in [-0.3, -0.25) is 0 Å². The fourth-order valence-corrected chi connectivity index (χ4v) is 1.14. The molecule has 1 rings (SSSR count). The molecule has 0 aromatic heterocycles. The molecule has 1 aromatic rings. The van der Waals surface area contributed by atoms with Crippen molar-refractivity contribution in [2.45, 2.75) is 6.42 Å². The summed E-state index contributed by atoms with van der Waals surface area (Å²) in [6.45, 7) is 0.0498. The lowest BCUT2D eigenvalue weighted by atomic mass is 10.1. The molecule has 0 unspecified atom stereocenters. The highest BCUT2D eigenvalue weighted by Crippen LogP contribution is 2.21. The van der Waals surface area contributed by atoms with Gasteiger partial charge in [-0.2, -0.15) is 0 Å². The molecule has 2 nitrogen and oxygen atoms in total. The van der Waals surface area contributed by atoms with E-state index in [4.69, 9.17) is 17.5 Å². The highest BCUT2D eigenvalue weighted by atomic mass is 35.5. The fraction of sp³-hybridized carbons (Fsp3) is 0.250. The normalized spacial score (nSPS) is 10.5. The van der Waals surface area contributed by atoms with E-state index in [1.54, 1.807) is 0 Å². The van der Waals surface area contributed by atoms with Crippen LogP contribution < -0.4 is 5.90 Å². The van der Waals surface area contributed by atoms with Crippen LogP contribution in [0.15, 0.2) is 12.1 Å². The van der Waals surface area contributed by atoms with E-state index in [0.29, 0.717) is 0 Å². The first-order valence-electron chi connectivity index (χ1n) is 3.61. The van der Waals surface area contributed by atoms with Crippen molar-refractivity contribution in [1.82, 2.24) is 0 Å². The van der Waals surface area contributed by atoms with Crippen molar-refractivity contribution < 1.29 is 13.6 Å². The van der Waals surface area contributed by atoms with Gasteiger partial charge < -0.3 is 4.84 Å². The van der Waals surface area contributed by atoms with Crippen LogP contribution in [0.4, 0.5) is 8.78 Å². The smallest absolute Gasteiger partial charge is 0.147 e. The molecule has 13 heavy (non-hydrogen) atoms. The lowest BCUT2D eigenvalue weighted by Gasteiger charge is -2.04. The molecule has 0 bridgehead atoms. The Kier molecular flexibility index (Phi) is 3.59. The molecule has 0 radical (unpaired) electrons. The number of benzene rings is 1. The van der Waals surface area contributed by atoms with Gasteiger partial charge in [0.25, 0.3) is 0 Å². The van der Waals surface area contributed by atoms with Crippen LogP contribution in [-0.4, -0.2) is 6.61 Å². The lowest BCUT2D eigenvalue weighted by Crippen LogP contribution is -2.07. The fourth-order valence-electron chi connectivity index (χ4n) is 0.959. The summed E-state index contributed by atoms with van der Waals surface area (Å²) in [6.07, 6.45) is 0.0642. The largest absolute Gasteiger partial charge is 0.304 e. The molecule has 0 spiro atoms. The number of hydrogen-bond donors (Lipinski definition) is 1. The number of halogens is 3. The molecule has 2 N–H and O–H groups in total. The molecule has 0 amide bonds. The maximum atomic E-state index is 13.1. The molecule has 0 atom stereocenters. The molecule has 0 fully saturated rings. The average molecular weight is 208 g/mol. The van der Waals surface area contributed by atoms with Crippen molar-refractivity contribution in [2.24, 2.45) is 5.90 Å². The zero-order valence-corrected chi connectivity index (χ0v) is 7.44. The predicted octanol–water partition coefficient (Wildman–Crippen LogP) is 2.05. The average Bonchev–Trinajstić information content (AvgIpc) is 2.12. The molecular weight excluding hydrogens is 200 g/mol. The second-order valence-corrected chi connectivity index (χ2v) is 2.85. The van der Waals surface area contributed by atoms with Gasteiger partial charge in [0, 0.05) is 12.0 Å². The van der Waals surface area contributed by atoms with Crippen LogP contribution in [0.3, 0.4) is 0 Å². The van der Waals surface area contributed by atoms with Gasteiger partial charge in [-0.05, 0) is 12.1 Å². The van der Waals surface area contributed by atoms with Crippen molar-refractivity contribution >= 4 is 11.6 Å². The third kappa shape index (κ3) is 2.37. The monoisotopic (exact) mass is 207 g/mol. The Hall–Kier alpha value is -0.710. The van der Waals surface area contributed by atoms with Gasteiger partial charge in [0.15, 0.2) is 0 Å². The van der Waals surface area contributed by atoms with Gasteiger partial charge in [-0.1, -0.05) is 11.6 Å². The molecule has 0 saturated carbocycles. The van der Waals surface area contributed by atoms with Crippen molar-refractivity contribution in [3.8, 4) is 0 Å². The summed E-state index contributed by atoms with van der Waals surface area (Å²) < 4.78 is 26.1. The molecule has 0 saturated heterocycles. The number of hydrogen-bond acceptors (Lipinski definition) is 2. The first kappa shape index (κ1) is 10.4. The molecule has 0 aliphatic heterocycles. The van der Waals surface area contributed by atoms with E-state index in [9.17, 15) is 8.78 Å². The first-order valence-corrected chi connectivity index (χ1v) is 3.98. The van der Waals surface area contributed by atoms with Gasteiger partial charge >= 0.3 is 0 Å². The molecule has 0 heterocycles. The second-order valence-electron chi connectivity index (χ2n) is 2.44. The van der Waals surface area contributed by atoms with E-state index >= 15 is 0 Å². The van der Waals surface area contributed by atoms with Crippen LogP contribution in [0.1, 0.15) is 5.56 Å². The van der Waals surface area contributed by atoms with Crippen LogP contribution >= 0.6 is 11.6 Å². The predicted molar refractivity (Wildman–Crippen MR) is 45.2 cm³/mol. The molecule has 5 heteroatoms. The Bertz CT molecular complexity index is 306.